The highest BCUT2D eigenvalue weighted by Crippen LogP contribution is 2.12. The molecule has 2 heteroatoms. The maximum absolute atomic E-state index is 5.45. The highest BCUT2D eigenvalue weighted by molar-refractivity contribution is 5.07. The molecule has 0 atom stereocenters. The van der Waals surface area contributed by atoms with Gasteiger partial charge >= 0.3 is 0 Å². The van der Waals surface area contributed by atoms with Crippen LogP contribution in [-0.2, 0) is 6.42 Å². The predicted molar refractivity (Wildman–Crippen MR) is 49.2 cm³/mol. The van der Waals surface area contributed by atoms with E-state index in [0.29, 0.717) is 0 Å². The molecule has 1 aromatic heterocycles. The molecule has 0 aliphatic carbocycles. The Balaban J connectivity index is 2.45. The van der Waals surface area contributed by atoms with Crippen molar-refractivity contribution in [3.05, 3.63) is 17.3 Å². The fraction of sp³-hybridized carbons (Fsp3) is 0.700. The van der Waals surface area contributed by atoms with Crippen LogP contribution in [0, 0.1) is 13.8 Å². The van der Waals surface area contributed by atoms with E-state index in [0.717, 1.165) is 23.8 Å². The monoisotopic (exact) mass is 167 g/mol. The molecule has 0 fully saturated rings. The van der Waals surface area contributed by atoms with Crippen LogP contribution < -0.4 is 0 Å². The summed E-state index contributed by atoms with van der Waals surface area (Å²) in [6.07, 6.45) is 4.79. The molecule has 0 N–H and O–H groups in total. The van der Waals surface area contributed by atoms with E-state index in [1.165, 1.54) is 19.3 Å². The molecule has 1 aromatic rings. The SMILES string of the molecule is CCCCCc1oc(C)nc1C. The van der Waals surface area contributed by atoms with Crippen molar-refractivity contribution < 1.29 is 4.42 Å². The topological polar surface area (TPSA) is 26.0 Å². The zero-order valence-corrected chi connectivity index (χ0v) is 8.18. The van der Waals surface area contributed by atoms with Gasteiger partial charge in [0, 0.05) is 13.3 Å². The smallest absolute Gasteiger partial charge is 0.191 e. The Morgan fingerprint density at radius 1 is 1.25 bits per heavy atom. The van der Waals surface area contributed by atoms with Crippen molar-refractivity contribution in [2.45, 2.75) is 46.5 Å². The summed E-state index contributed by atoms with van der Waals surface area (Å²) < 4.78 is 5.45. The maximum Gasteiger partial charge on any atom is 0.191 e. The fourth-order valence-electron chi connectivity index (χ4n) is 1.34. The van der Waals surface area contributed by atoms with Crippen LogP contribution in [0.3, 0.4) is 0 Å². The van der Waals surface area contributed by atoms with E-state index in [-0.39, 0.29) is 0 Å². The lowest BCUT2D eigenvalue weighted by Crippen LogP contribution is -1.85. The molecular weight excluding hydrogens is 150 g/mol. The summed E-state index contributed by atoms with van der Waals surface area (Å²) >= 11 is 0. The van der Waals surface area contributed by atoms with Gasteiger partial charge in [-0.05, 0) is 13.3 Å². The van der Waals surface area contributed by atoms with E-state index in [9.17, 15) is 0 Å². The first-order valence-corrected chi connectivity index (χ1v) is 4.67. The van der Waals surface area contributed by atoms with Crippen molar-refractivity contribution in [3.63, 3.8) is 0 Å². The average molecular weight is 167 g/mol. The second kappa shape index (κ2) is 4.29. The van der Waals surface area contributed by atoms with Crippen molar-refractivity contribution in [1.82, 2.24) is 4.98 Å². The normalized spacial score (nSPS) is 10.6. The Hall–Kier alpha value is -0.790. The van der Waals surface area contributed by atoms with Gasteiger partial charge in [0.1, 0.15) is 5.76 Å². The number of aryl methyl sites for hydroxylation is 3. The second-order valence-corrected chi connectivity index (χ2v) is 3.20. The molecule has 2 nitrogen and oxygen atoms in total. The molecule has 0 unspecified atom stereocenters. The zero-order valence-electron chi connectivity index (χ0n) is 8.18. The first-order valence-electron chi connectivity index (χ1n) is 4.67. The number of aromatic nitrogens is 1. The number of hydrogen-bond acceptors (Lipinski definition) is 2. The van der Waals surface area contributed by atoms with E-state index in [1.54, 1.807) is 0 Å². The van der Waals surface area contributed by atoms with Crippen LogP contribution in [0.5, 0.6) is 0 Å². The van der Waals surface area contributed by atoms with Gasteiger partial charge in [-0.15, -0.1) is 0 Å². The Kier molecular flexibility index (Phi) is 3.32. The molecule has 0 spiro atoms. The van der Waals surface area contributed by atoms with Crippen molar-refractivity contribution in [3.8, 4) is 0 Å². The first kappa shape index (κ1) is 9.30. The lowest BCUT2D eigenvalue weighted by molar-refractivity contribution is 0.465. The third-order valence-corrected chi connectivity index (χ3v) is 2.01. The summed E-state index contributed by atoms with van der Waals surface area (Å²) in [5.74, 6) is 1.86. The van der Waals surface area contributed by atoms with Gasteiger partial charge in [0.25, 0.3) is 0 Å². The van der Waals surface area contributed by atoms with E-state index in [4.69, 9.17) is 4.42 Å². The second-order valence-electron chi connectivity index (χ2n) is 3.20. The molecule has 1 rings (SSSR count). The minimum atomic E-state index is 0.791. The van der Waals surface area contributed by atoms with Gasteiger partial charge in [-0.25, -0.2) is 4.98 Å². The largest absolute Gasteiger partial charge is 0.446 e. The third kappa shape index (κ3) is 2.36. The summed E-state index contributed by atoms with van der Waals surface area (Å²) in [7, 11) is 0. The summed E-state index contributed by atoms with van der Waals surface area (Å²) in [6, 6.07) is 0. The summed E-state index contributed by atoms with van der Waals surface area (Å²) in [4.78, 5) is 4.22. The number of hydrogen-bond donors (Lipinski definition) is 0. The third-order valence-electron chi connectivity index (χ3n) is 2.01. The van der Waals surface area contributed by atoms with Crippen LogP contribution in [-0.4, -0.2) is 4.98 Å². The lowest BCUT2D eigenvalue weighted by atomic mass is 10.1. The van der Waals surface area contributed by atoms with Crippen molar-refractivity contribution in [2.75, 3.05) is 0 Å². The van der Waals surface area contributed by atoms with E-state index < -0.39 is 0 Å². The van der Waals surface area contributed by atoms with Crippen molar-refractivity contribution in [1.29, 1.82) is 0 Å². The molecule has 0 aromatic carbocycles. The van der Waals surface area contributed by atoms with Crippen molar-refractivity contribution >= 4 is 0 Å². The van der Waals surface area contributed by atoms with Crippen LogP contribution in [0.15, 0.2) is 4.42 Å². The quantitative estimate of drug-likeness (QED) is 0.644. The molecule has 68 valence electrons. The van der Waals surface area contributed by atoms with Gasteiger partial charge in [0.2, 0.25) is 0 Å². The predicted octanol–water partition coefficient (Wildman–Crippen LogP) is 3.02. The van der Waals surface area contributed by atoms with Gasteiger partial charge in [-0.2, -0.15) is 0 Å². The maximum atomic E-state index is 5.45. The van der Waals surface area contributed by atoms with Gasteiger partial charge in [0.05, 0.1) is 5.69 Å². The van der Waals surface area contributed by atoms with E-state index in [1.807, 2.05) is 13.8 Å². The van der Waals surface area contributed by atoms with Crippen molar-refractivity contribution in [2.24, 2.45) is 0 Å². The minimum absolute atomic E-state index is 0.791. The summed E-state index contributed by atoms with van der Waals surface area (Å²) in [5, 5.41) is 0. The molecule has 0 bridgehead atoms. The van der Waals surface area contributed by atoms with Crippen LogP contribution in [0.1, 0.15) is 43.5 Å². The van der Waals surface area contributed by atoms with Crippen LogP contribution in [0.4, 0.5) is 0 Å². The van der Waals surface area contributed by atoms with Crippen LogP contribution in [0.25, 0.3) is 0 Å². The molecule has 0 saturated heterocycles. The highest BCUT2D eigenvalue weighted by atomic mass is 16.4. The molecule has 0 radical (unpaired) electrons. The molecule has 0 amide bonds. The Morgan fingerprint density at radius 2 is 2.00 bits per heavy atom. The minimum Gasteiger partial charge on any atom is -0.446 e. The molecule has 1 heterocycles. The van der Waals surface area contributed by atoms with Crippen LogP contribution in [0.2, 0.25) is 0 Å². The molecule has 12 heavy (non-hydrogen) atoms. The standard InChI is InChI=1S/C10H17NO/c1-4-5-6-7-10-8(2)11-9(3)12-10/h4-7H2,1-3H3. The van der Waals surface area contributed by atoms with Crippen LogP contribution >= 0.6 is 0 Å². The zero-order chi connectivity index (χ0) is 8.97. The Labute approximate surface area is 74.0 Å². The Morgan fingerprint density at radius 3 is 2.50 bits per heavy atom. The molecule has 0 saturated carbocycles. The lowest BCUT2D eigenvalue weighted by Gasteiger charge is -1.95. The first-order chi connectivity index (χ1) is 5.74. The average Bonchev–Trinajstić information content (AvgIpc) is 2.31. The molecule has 0 aliphatic rings. The summed E-state index contributed by atoms with van der Waals surface area (Å²) in [5.41, 5.74) is 1.06. The van der Waals surface area contributed by atoms with Gasteiger partial charge in [-0.3, -0.25) is 0 Å². The van der Waals surface area contributed by atoms with Gasteiger partial charge in [0.15, 0.2) is 5.89 Å². The van der Waals surface area contributed by atoms with Gasteiger partial charge in [-0.1, -0.05) is 19.8 Å². The molecule has 0 aliphatic heterocycles. The van der Waals surface area contributed by atoms with E-state index in [2.05, 4.69) is 11.9 Å². The number of oxazole rings is 1. The summed E-state index contributed by atoms with van der Waals surface area (Å²) in [6.45, 7) is 6.12. The number of unbranched alkanes of at least 4 members (excludes halogenated alkanes) is 2. The number of nitrogens with zero attached hydrogens (tertiary/aromatic N) is 1. The highest BCUT2D eigenvalue weighted by Gasteiger charge is 2.04. The number of rotatable bonds is 4. The fourth-order valence-corrected chi connectivity index (χ4v) is 1.34. The molecular formula is C10H17NO. The van der Waals surface area contributed by atoms with Gasteiger partial charge < -0.3 is 4.42 Å². The van der Waals surface area contributed by atoms with E-state index >= 15 is 0 Å². The Bertz CT molecular complexity index is 240.